The lowest BCUT2D eigenvalue weighted by Gasteiger charge is -2.39. The highest BCUT2D eigenvalue weighted by Gasteiger charge is 2.45. The summed E-state index contributed by atoms with van der Waals surface area (Å²) in [6.45, 7) is 3.64. The van der Waals surface area contributed by atoms with Gasteiger partial charge in [-0.1, -0.05) is 6.07 Å². The van der Waals surface area contributed by atoms with Gasteiger partial charge in [0.2, 0.25) is 5.88 Å². The van der Waals surface area contributed by atoms with Gasteiger partial charge >= 0.3 is 0 Å². The number of carbonyl (C=O) groups excluding carboxylic acids is 1. The van der Waals surface area contributed by atoms with Gasteiger partial charge in [0.05, 0.1) is 30.6 Å². The Hall–Kier alpha value is -2.54. The van der Waals surface area contributed by atoms with Gasteiger partial charge in [0.15, 0.2) is 0 Å². The standard InChI is InChI=1S/C19H22N4O3/c1-14-10-22-16(11-21-14)18(24)23-8-4-6-19(13-23)9-15(12-25-19)26-17-5-2-3-7-20-17/h2-3,5,7,10-11,15H,4,6,8-9,12-13H2,1H3/t15-,19-/m0/s1. The Balaban J connectivity index is 1.41. The molecule has 2 aliphatic rings. The van der Waals surface area contributed by atoms with Crippen LogP contribution < -0.4 is 4.74 Å². The summed E-state index contributed by atoms with van der Waals surface area (Å²) in [5.41, 5.74) is 0.836. The fraction of sp³-hybridized carbons (Fsp3) is 0.474. The molecule has 2 fully saturated rings. The summed E-state index contributed by atoms with van der Waals surface area (Å²) in [4.78, 5) is 27.2. The summed E-state index contributed by atoms with van der Waals surface area (Å²) in [6, 6.07) is 5.60. The van der Waals surface area contributed by atoms with Crippen molar-refractivity contribution in [3.05, 3.63) is 48.2 Å². The Morgan fingerprint density at radius 2 is 2.23 bits per heavy atom. The Morgan fingerprint density at radius 1 is 1.31 bits per heavy atom. The molecule has 7 heteroatoms. The molecule has 2 atom stereocenters. The molecule has 4 heterocycles. The molecule has 4 rings (SSSR count). The monoisotopic (exact) mass is 354 g/mol. The highest BCUT2D eigenvalue weighted by Crippen LogP contribution is 2.36. The van der Waals surface area contributed by atoms with Gasteiger partial charge in [0.25, 0.3) is 5.91 Å². The number of likely N-dealkylation sites (tertiary alicyclic amines) is 1. The normalized spacial score (nSPS) is 25.4. The van der Waals surface area contributed by atoms with Crippen molar-refractivity contribution >= 4 is 5.91 Å². The van der Waals surface area contributed by atoms with Crippen LogP contribution in [0.3, 0.4) is 0 Å². The fourth-order valence-electron chi connectivity index (χ4n) is 3.69. The van der Waals surface area contributed by atoms with E-state index in [4.69, 9.17) is 9.47 Å². The number of aryl methyl sites for hydroxylation is 1. The summed E-state index contributed by atoms with van der Waals surface area (Å²) in [5.74, 6) is 0.520. The first-order chi connectivity index (χ1) is 12.6. The van der Waals surface area contributed by atoms with Crippen molar-refractivity contribution in [1.29, 1.82) is 0 Å². The molecule has 0 bridgehead atoms. The second-order valence-corrected chi connectivity index (χ2v) is 6.98. The molecule has 1 amide bonds. The second kappa shape index (κ2) is 6.99. The Labute approximate surface area is 152 Å². The van der Waals surface area contributed by atoms with Gasteiger partial charge in [-0.15, -0.1) is 0 Å². The van der Waals surface area contributed by atoms with E-state index in [9.17, 15) is 4.79 Å². The van der Waals surface area contributed by atoms with E-state index >= 15 is 0 Å². The van der Waals surface area contributed by atoms with E-state index < -0.39 is 0 Å². The zero-order valence-electron chi connectivity index (χ0n) is 14.8. The fourth-order valence-corrected chi connectivity index (χ4v) is 3.69. The van der Waals surface area contributed by atoms with Crippen LogP contribution in [0, 0.1) is 6.92 Å². The Bertz CT molecular complexity index is 768. The third kappa shape index (κ3) is 3.53. The summed E-state index contributed by atoms with van der Waals surface area (Å²) in [6.07, 6.45) is 7.42. The molecule has 136 valence electrons. The predicted molar refractivity (Wildman–Crippen MR) is 93.9 cm³/mol. The van der Waals surface area contributed by atoms with Gasteiger partial charge in [0.1, 0.15) is 11.8 Å². The zero-order valence-corrected chi connectivity index (χ0v) is 14.8. The highest BCUT2D eigenvalue weighted by molar-refractivity contribution is 5.92. The van der Waals surface area contributed by atoms with E-state index in [2.05, 4.69) is 15.0 Å². The van der Waals surface area contributed by atoms with Crippen LogP contribution in [0.2, 0.25) is 0 Å². The molecule has 0 unspecified atom stereocenters. The minimum Gasteiger partial charge on any atom is -0.472 e. The molecule has 26 heavy (non-hydrogen) atoms. The van der Waals surface area contributed by atoms with Gasteiger partial charge < -0.3 is 14.4 Å². The molecule has 1 spiro atoms. The summed E-state index contributed by atoms with van der Waals surface area (Å²) in [7, 11) is 0. The van der Waals surface area contributed by atoms with Crippen LogP contribution in [0.5, 0.6) is 5.88 Å². The molecule has 2 saturated heterocycles. The second-order valence-electron chi connectivity index (χ2n) is 6.98. The number of nitrogens with zero attached hydrogens (tertiary/aromatic N) is 4. The molecule has 0 radical (unpaired) electrons. The maximum atomic E-state index is 12.8. The van der Waals surface area contributed by atoms with Gasteiger partial charge in [-0.25, -0.2) is 9.97 Å². The third-order valence-corrected chi connectivity index (χ3v) is 4.93. The number of hydrogen-bond donors (Lipinski definition) is 0. The number of amides is 1. The molecule has 2 aromatic rings. The number of rotatable bonds is 3. The van der Waals surface area contributed by atoms with Crippen LogP contribution in [0.1, 0.15) is 35.4 Å². The summed E-state index contributed by atoms with van der Waals surface area (Å²) < 4.78 is 12.1. The van der Waals surface area contributed by atoms with E-state index in [1.165, 1.54) is 0 Å². The summed E-state index contributed by atoms with van der Waals surface area (Å²) >= 11 is 0. The minimum absolute atomic E-state index is 0.0425. The molecular weight excluding hydrogens is 332 g/mol. The van der Waals surface area contributed by atoms with Crippen molar-refractivity contribution in [3.63, 3.8) is 0 Å². The van der Waals surface area contributed by atoms with Crippen LogP contribution in [-0.4, -0.2) is 57.2 Å². The first-order valence-corrected chi connectivity index (χ1v) is 8.93. The average Bonchev–Trinajstić information content (AvgIpc) is 3.04. The number of carbonyl (C=O) groups is 1. The van der Waals surface area contributed by atoms with Crippen LogP contribution in [0.4, 0.5) is 0 Å². The maximum absolute atomic E-state index is 12.8. The van der Waals surface area contributed by atoms with Gasteiger partial charge in [-0.3, -0.25) is 9.78 Å². The van der Waals surface area contributed by atoms with Crippen LogP contribution in [0.15, 0.2) is 36.8 Å². The predicted octanol–water partition coefficient (Wildman–Crippen LogP) is 2.02. The lowest BCUT2D eigenvalue weighted by molar-refractivity contribution is -0.0454. The number of hydrogen-bond acceptors (Lipinski definition) is 6. The smallest absolute Gasteiger partial charge is 0.274 e. The molecule has 0 aliphatic carbocycles. The molecule has 2 aromatic heterocycles. The minimum atomic E-state index is -0.342. The lowest BCUT2D eigenvalue weighted by atomic mass is 9.89. The van der Waals surface area contributed by atoms with E-state index in [1.54, 1.807) is 18.6 Å². The van der Waals surface area contributed by atoms with Crippen molar-refractivity contribution in [1.82, 2.24) is 19.9 Å². The molecule has 0 N–H and O–H groups in total. The van der Waals surface area contributed by atoms with E-state index in [0.717, 1.165) is 25.0 Å². The van der Waals surface area contributed by atoms with Gasteiger partial charge in [0, 0.05) is 31.4 Å². The number of aromatic nitrogens is 3. The molecule has 0 aromatic carbocycles. The highest BCUT2D eigenvalue weighted by atomic mass is 16.6. The number of piperidine rings is 1. The van der Waals surface area contributed by atoms with Crippen molar-refractivity contribution in [3.8, 4) is 5.88 Å². The van der Waals surface area contributed by atoms with Crippen LogP contribution in [-0.2, 0) is 4.74 Å². The number of ether oxygens (including phenoxy) is 2. The van der Waals surface area contributed by atoms with Crippen molar-refractivity contribution in [2.45, 2.75) is 37.9 Å². The topological polar surface area (TPSA) is 77.4 Å². The van der Waals surface area contributed by atoms with Crippen LogP contribution in [0.25, 0.3) is 0 Å². The largest absolute Gasteiger partial charge is 0.472 e. The Morgan fingerprint density at radius 3 is 3.00 bits per heavy atom. The maximum Gasteiger partial charge on any atom is 0.274 e. The third-order valence-electron chi connectivity index (χ3n) is 4.93. The van der Waals surface area contributed by atoms with E-state index in [1.807, 2.05) is 30.0 Å². The van der Waals surface area contributed by atoms with E-state index in [-0.39, 0.29) is 17.6 Å². The molecular formula is C19H22N4O3. The number of pyridine rings is 1. The van der Waals surface area contributed by atoms with Crippen LogP contribution >= 0.6 is 0 Å². The summed E-state index contributed by atoms with van der Waals surface area (Å²) in [5, 5.41) is 0. The SMILES string of the molecule is Cc1cnc(C(=O)N2CCC[C@]3(C[C@H](Oc4ccccn4)CO3)C2)cn1. The molecule has 2 aliphatic heterocycles. The first kappa shape index (κ1) is 16.9. The van der Waals surface area contributed by atoms with Gasteiger partial charge in [-0.2, -0.15) is 0 Å². The lowest BCUT2D eigenvalue weighted by Crippen LogP contribution is -2.50. The van der Waals surface area contributed by atoms with Crippen molar-refractivity contribution in [2.24, 2.45) is 0 Å². The molecule has 0 saturated carbocycles. The van der Waals surface area contributed by atoms with E-state index in [0.29, 0.717) is 31.3 Å². The molecule has 7 nitrogen and oxygen atoms in total. The van der Waals surface area contributed by atoms with Crippen molar-refractivity contribution in [2.75, 3.05) is 19.7 Å². The van der Waals surface area contributed by atoms with Gasteiger partial charge in [-0.05, 0) is 25.8 Å². The first-order valence-electron chi connectivity index (χ1n) is 8.93. The average molecular weight is 354 g/mol. The zero-order chi connectivity index (χ0) is 18.0. The van der Waals surface area contributed by atoms with Crippen molar-refractivity contribution < 1.29 is 14.3 Å². The Kier molecular flexibility index (Phi) is 4.55. The quantitative estimate of drug-likeness (QED) is 0.839.